The second-order valence-electron chi connectivity index (χ2n) is 4.35. The molecule has 0 radical (unpaired) electrons. The Morgan fingerprint density at radius 2 is 2.24 bits per heavy atom. The van der Waals surface area contributed by atoms with Gasteiger partial charge in [-0.3, -0.25) is 14.3 Å². The van der Waals surface area contributed by atoms with E-state index in [0.29, 0.717) is 23.4 Å². The Morgan fingerprint density at radius 3 is 2.90 bits per heavy atom. The largest absolute Gasteiger partial charge is 0.366 e. The van der Waals surface area contributed by atoms with E-state index in [0.717, 1.165) is 0 Å². The molecular formula is C14H13N5O2. The van der Waals surface area contributed by atoms with Gasteiger partial charge in [-0.15, -0.1) is 0 Å². The third kappa shape index (κ3) is 3.91. The van der Waals surface area contributed by atoms with Gasteiger partial charge in [0.25, 0.3) is 5.91 Å². The van der Waals surface area contributed by atoms with Gasteiger partial charge in [-0.25, -0.2) is 0 Å². The zero-order valence-corrected chi connectivity index (χ0v) is 11.1. The van der Waals surface area contributed by atoms with Crippen molar-refractivity contribution in [2.24, 2.45) is 5.73 Å². The van der Waals surface area contributed by atoms with E-state index in [1.54, 1.807) is 24.3 Å². The molecule has 106 valence electrons. The van der Waals surface area contributed by atoms with Gasteiger partial charge in [0.15, 0.2) is 0 Å². The summed E-state index contributed by atoms with van der Waals surface area (Å²) in [6, 6.07) is 8.66. The summed E-state index contributed by atoms with van der Waals surface area (Å²) in [5.74, 6) is -0.764. The van der Waals surface area contributed by atoms with Crippen molar-refractivity contribution in [1.29, 1.82) is 5.26 Å². The van der Waals surface area contributed by atoms with Gasteiger partial charge in [0.1, 0.15) is 0 Å². The normalized spacial score (nSPS) is 9.86. The molecule has 0 aliphatic heterocycles. The summed E-state index contributed by atoms with van der Waals surface area (Å²) < 4.78 is 1.48. The average Bonchev–Trinajstić information content (AvgIpc) is 2.94. The number of anilines is 1. The zero-order valence-electron chi connectivity index (χ0n) is 11.1. The number of carbonyl (C=O) groups excluding carboxylic acids is 2. The highest BCUT2D eigenvalue weighted by molar-refractivity contribution is 5.92. The average molecular weight is 283 g/mol. The Balaban J connectivity index is 1.89. The van der Waals surface area contributed by atoms with Crippen LogP contribution in [0.3, 0.4) is 0 Å². The van der Waals surface area contributed by atoms with Crippen molar-refractivity contribution in [3.8, 4) is 6.07 Å². The number of hydrogen-bond acceptors (Lipinski definition) is 4. The van der Waals surface area contributed by atoms with E-state index in [2.05, 4.69) is 10.4 Å². The van der Waals surface area contributed by atoms with E-state index in [1.165, 1.54) is 17.1 Å². The van der Waals surface area contributed by atoms with Crippen LogP contribution in [-0.2, 0) is 11.3 Å². The fourth-order valence-electron chi connectivity index (χ4n) is 1.72. The van der Waals surface area contributed by atoms with Crippen LogP contribution in [0.1, 0.15) is 22.3 Å². The first-order chi connectivity index (χ1) is 10.1. The van der Waals surface area contributed by atoms with Crippen molar-refractivity contribution in [2.75, 3.05) is 5.32 Å². The molecule has 1 aromatic heterocycles. The Morgan fingerprint density at radius 1 is 1.43 bits per heavy atom. The molecule has 2 rings (SSSR count). The van der Waals surface area contributed by atoms with E-state index in [-0.39, 0.29) is 12.3 Å². The number of aryl methyl sites for hydroxylation is 1. The van der Waals surface area contributed by atoms with Gasteiger partial charge in [0.2, 0.25) is 5.91 Å². The van der Waals surface area contributed by atoms with Crippen LogP contribution in [-0.4, -0.2) is 21.6 Å². The number of nitrogens with two attached hydrogens (primary N) is 1. The van der Waals surface area contributed by atoms with Crippen LogP contribution in [0.5, 0.6) is 0 Å². The molecule has 0 unspecified atom stereocenters. The minimum Gasteiger partial charge on any atom is -0.366 e. The van der Waals surface area contributed by atoms with Crippen LogP contribution in [0, 0.1) is 11.3 Å². The first kappa shape index (κ1) is 14.3. The standard InChI is InChI=1S/C14H13N5O2/c15-7-10-2-1-3-12(6-10)18-13(20)4-5-19-9-11(8-17-19)14(16)21/h1-3,6,8-9H,4-5H2,(H2,16,21)(H,18,20). The van der Waals surface area contributed by atoms with Gasteiger partial charge in [0, 0.05) is 24.8 Å². The Labute approximate surface area is 121 Å². The molecule has 0 atom stereocenters. The molecule has 0 aliphatic carbocycles. The molecule has 0 aliphatic rings. The lowest BCUT2D eigenvalue weighted by Crippen LogP contribution is -2.15. The minimum atomic E-state index is -0.556. The smallest absolute Gasteiger partial charge is 0.251 e. The molecule has 0 fully saturated rings. The van der Waals surface area contributed by atoms with Gasteiger partial charge in [0.05, 0.1) is 23.4 Å². The summed E-state index contributed by atoms with van der Waals surface area (Å²) in [6.45, 7) is 0.330. The van der Waals surface area contributed by atoms with E-state index < -0.39 is 5.91 Å². The Kier molecular flexibility index (Phi) is 4.31. The van der Waals surface area contributed by atoms with Crippen LogP contribution in [0.25, 0.3) is 0 Å². The summed E-state index contributed by atoms with van der Waals surface area (Å²) in [7, 11) is 0. The van der Waals surface area contributed by atoms with Crippen LogP contribution < -0.4 is 11.1 Å². The molecule has 2 aromatic rings. The maximum absolute atomic E-state index is 11.8. The minimum absolute atomic E-state index is 0.191. The molecule has 0 saturated carbocycles. The number of amides is 2. The highest BCUT2D eigenvalue weighted by Gasteiger charge is 2.07. The van der Waals surface area contributed by atoms with Crippen molar-refractivity contribution in [1.82, 2.24) is 9.78 Å². The molecule has 2 amide bonds. The van der Waals surface area contributed by atoms with Gasteiger partial charge >= 0.3 is 0 Å². The SMILES string of the molecule is N#Cc1cccc(NC(=O)CCn2cc(C(N)=O)cn2)c1. The van der Waals surface area contributed by atoms with Crippen LogP contribution in [0.4, 0.5) is 5.69 Å². The molecule has 21 heavy (non-hydrogen) atoms. The fourth-order valence-corrected chi connectivity index (χ4v) is 1.72. The third-order valence-corrected chi connectivity index (χ3v) is 2.76. The number of benzene rings is 1. The van der Waals surface area contributed by atoms with Gasteiger partial charge in [-0.2, -0.15) is 10.4 Å². The number of hydrogen-bond donors (Lipinski definition) is 2. The molecule has 1 aromatic carbocycles. The highest BCUT2D eigenvalue weighted by Crippen LogP contribution is 2.10. The molecule has 7 heteroatoms. The molecular weight excluding hydrogens is 270 g/mol. The van der Waals surface area contributed by atoms with E-state index >= 15 is 0 Å². The molecule has 0 saturated heterocycles. The summed E-state index contributed by atoms with van der Waals surface area (Å²) >= 11 is 0. The number of aromatic nitrogens is 2. The molecule has 3 N–H and O–H groups in total. The van der Waals surface area contributed by atoms with E-state index in [4.69, 9.17) is 11.0 Å². The predicted octanol–water partition coefficient (Wildman–Crippen LogP) is 0.882. The number of carbonyl (C=O) groups is 2. The van der Waals surface area contributed by atoms with Gasteiger partial charge < -0.3 is 11.1 Å². The summed E-state index contributed by atoms with van der Waals surface area (Å²) in [5.41, 5.74) is 6.46. The van der Waals surface area contributed by atoms with Crippen molar-refractivity contribution < 1.29 is 9.59 Å². The fraction of sp³-hybridized carbons (Fsp3) is 0.143. The van der Waals surface area contributed by atoms with Crippen LogP contribution >= 0.6 is 0 Å². The first-order valence-electron chi connectivity index (χ1n) is 6.21. The Hall–Kier alpha value is -3.14. The number of rotatable bonds is 5. The van der Waals surface area contributed by atoms with Gasteiger partial charge in [-0.1, -0.05) is 6.07 Å². The Bertz CT molecular complexity index is 714. The lowest BCUT2D eigenvalue weighted by Gasteiger charge is -2.05. The zero-order chi connectivity index (χ0) is 15.2. The summed E-state index contributed by atoms with van der Waals surface area (Å²) in [6.07, 6.45) is 3.04. The van der Waals surface area contributed by atoms with E-state index in [9.17, 15) is 9.59 Å². The number of nitrogens with one attached hydrogen (secondary N) is 1. The maximum Gasteiger partial charge on any atom is 0.251 e. The first-order valence-corrected chi connectivity index (χ1v) is 6.21. The molecule has 0 spiro atoms. The topological polar surface area (TPSA) is 114 Å². The lowest BCUT2D eigenvalue weighted by molar-refractivity contribution is -0.116. The summed E-state index contributed by atoms with van der Waals surface area (Å²) in [4.78, 5) is 22.7. The maximum atomic E-state index is 11.8. The van der Waals surface area contributed by atoms with Gasteiger partial charge in [-0.05, 0) is 18.2 Å². The van der Waals surface area contributed by atoms with Crippen molar-refractivity contribution in [3.63, 3.8) is 0 Å². The number of primary amides is 1. The quantitative estimate of drug-likeness (QED) is 0.847. The molecule has 1 heterocycles. The second-order valence-corrected chi connectivity index (χ2v) is 4.35. The number of nitrogens with zero attached hydrogens (tertiary/aromatic N) is 3. The van der Waals surface area contributed by atoms with E-state index in [1.807, 2.05) is 6.07 Å². The molecule has 7 nitrogen and oxygen atoms in total. The summed E-state index contributed by atoms with van der Waals surface area (Å²) in [5, 5.41) is 15.4. The molecule has 0 bridgehead atoms. The third-order valence-electron chi connectivity index (χ3n) is 2.76. The van der Waals surface area contributed by atoms with Crippen molar-refractivity contribution >= 4 is 17.5 Å². The predicted molar refractivity (Wildman–Crippen MR) is 75.1 cm³/mol. The lowest BCUT2D eigenvalue weighted by atomic mass is 10.2. The van der Waals surface area contributed by atoms with Crippen molar-refractivity contribution in [2.45, 2.75) is 13.0 Å². The van der Waals surface area contributed by atoms with Crippen molar-refractivity contribution in [3.05, 3.63) is 47.8 Å². The highest BCUT2D eigenvalue weighted by atomic mass is 16.2. The number of nitriles is 1. The van der Waals surface area contributed by atoms with Crippen LogP contribution in [0.15, 0.2) is 36.7 Å². The second kappa shape index (κ2) is 6.34. The van der Waals surface area contributed by atoms with Crippen LogP contribution in [0.2, 0.25) is 0 Å². The monoisotopic (exact) mass is 283 g/mol.